The molecule has 0 bridgehead atoms. The Morgan fingerprint density at radius 2 is 1.45 bits per heavy atom. The molecule has 1 N–H and O–H groups in total. The second kappa shape index (κ2) is 17.0. The molecule has 1 aromatic heterocycles. The normalized spacial score (nSPS) is 10.1. The quantitative estimate of drug-likeness (QED) is 0.570. The number of hydrogen-bond donors (Lipinski definition) is 1. The van der Waals surface area contributed by atoms with Crippen LogP contribution >= 0.6 is 24.8 Å². The van der Waals surface area contributed by atoms with E-state index in [-0.39, 0.29) is 24.8 Å². The van der Waals surface area contributed by atoms with Crippen molar-refractivity contribution in [1.82, 2.24) is 15.2 Å². The highest BCUT2D eigenvalue weighted by molar-refractivity contribution is 5.85. The van der Waals surface area contributed by atoms with Gasteiger partial charge in [0, 0.05) is 18.9 Å². The average molecular weight is 350 g/mol. The summed E-state index contributed by atoms with van der Waals surface area (Å²) in [4.78, 5) is 6.66. The summed E-state index contributed by atoms with van der Waals surface area (Å²) in [5, 5.41) is 3.51. The van der Waals surface area contributed by atoms with E-state index in [1.54, 1.807) is 0 Å². The maximum absolute atomic E-state index is 4.04. The maximum Gasteiger partial charge on any atom is 0.0271 e. The minimum atomic E-state index is 0. The van der Waals surface area contributed by atoms with Gasteiger partial charge < -0.3 is 10.2 Å². The minimum absolute atomic E-state index is 0. The molecule has 1 aromatic rings. The molecule has 0 saturated heterocycles. The Labute approximate surface area is 149 Å². The fraction of sp³-hybridized carbons (Fsp3) is 0.706. The van der Waals surface area contributed by atoms with Gasteiger partial charge in [0.2, 0.25) is 0 Å². The fourth-order valence-electron chi connectivity index (χ4n) is 2.26. The first-order valence-corrected chi connectivity index (χ1v) is 8.18. The van der Waals surface area contributed by atoms with Gasteiger partial charge in [-0.25, -0.2) is 0 Å². The maximum atomic E-state index is 4.04. The first-order valence-electron chi connectivity index (χ1n) is 8.18. The van der Waals surface area contributed by atoms with Gasteiger partial charge in [-0.05, 0) is 63.1 Å². The van der Waals surface area contributed by atoms with Crippen molar-refractivity contribution in [3.05, 3.63) is 30.1 Å². The predicted molar refractivity (Wildman–Crippen MR) is 101 cm³/mol. The van der Waals surface area contributed by atoms with E-state index in [9.17, 15) is 0 Å². The lowest BCUT2D eigenvalue weighted by Crippen LogP contribution is -2.29. The van der Waals surface area contributed by atoms with Crippen molar-refractivity contribution in [2.45, 2.75) is 52.5 Å². The van der Waals surface area contributed by atoms with Crippen LogP contribution in [0.1, 0.15) is 51.5 Å². The summed E-state index contributed by atoms with van der Waals surface area (Å²) in [6, 6.07) is 4.14. The molecule has 5 heteroatoms. The van der Waals surface area contributed by atoms with Crippen LogP contribution in [0.4, 0.5) is 0 Å². The number of unbranched alkanes of at least 4 members (excludes halogenated alkanes) is 2. The molecular formula is C17H33Cl2N3. The first kappa shape index (κ1) is 23.9. The molecule has 0 unspecified atom stereocenters. The Balaban J connectivity index is 0. The topological polar surface area (TPSA) is 28.2 Å². The summed E-state index contributed by atoms with van der Waals surface area (Å²) in [5.74, 6) is 0. The van der Waals surface area contributed by atoms with Gasteiger partial charge in [-0.1, -0.05) is 26.7 Å². The smallest absolute Gasteiger partial charge is 0.0271 e. The van der Waals surface area contributed by atoms with E-state index in [0.29, 0.717) is 0 Å². The highest BCUT2D eigenvalue weighted by Crippen LogP contribution is 2.00. The highest BCUT2D eigenvalue weighted by atomic mass is 35.5. The zero-order valence-corrected chi connectivity index (χ0v) is 15.7. The standard InChI is InChI=1S/C17H31N3.2ClH/c1-3-5-13-20(14-6-4-2)15-7-10-19-16-17-8-11-18-12-9-17;;/h8-9,11-12,19H,3-7,10,13-16H2,1-2H3;2*1H. The van der Waals surface area contributed by atoms with Crippen molar-refractivity contribution in [2.24, 2.45) is 0 Å². The van der Waals surface area contributed by atoms with Crippen molar-refractivity contribution in [3.8, 4) is 0 Å². The number of nitrogens with zero attached hydrogens (tertiary/aromatic N) is 2. The second-order valence-electron chi connectivity index (χ2n) is 5.43. The lowest BCUT2D eigenvalue weighted by atomic mass is 10.2. The van der Waals surface area contributed by atoms with Gasteiger partial charge in [-0.2, -0.15) is 0 Å². The lowest BCUT2D eigenvalue weighted by molar-refractivity contribution is 0.261. The summed E-state index contributed by atoms with van der Waals surface area (Å²) in [6.45, 7) is 10.3. The largest absolute Gasteiger partial charge is 0.313 e. The first-order chi connectivity index (χ1) is 9.86. The number of pyridine rings is 1. The summed E-state index contributed by atoms with van der Waals surface area (Å²) in [5.41, 5.74) is 1.31. The van der Waals surface area contributed by atoms with Crippen molar-refractivity contribution in [2.75, 3.05) is 26.2 Å². The van der Waals surface area contributed by atoms with Crippen LogP contribution in [0.15, 0.2) is 24.5 Å². The van der Waals surface area contributed by atoms with Gasteiger partial charge in [0.25, 0.3) is 0 Å². The van der Waals surface area contributed by atoms with Crippen LogP contribution in [0.2, 0.25) is 0 Å². The van der Waals surface area contributed by atoms with E-state index in [4.69, 9.17) is 0 Å². The molecule has 0 aromatic carbocycles. The van der Waals surface area contributed by atoms with Crippen LogP contribution in [0.5, 0.6) is 0 Å². The summed E-state index contributed by atoms with van der Waals surface area (Å²) < 4.78 is 0. The van der Waals surface area contributed by atoms with Crippen LogP contribution < -0.4 is 5.32 Å². The molecule has 130 valence electrons. The molecule has 0 aliphatic heterocycles. The molecule has 0 spiro atoms. The van der Waals surface area contributed by atoms with Gasteiger partial charge in [0.15, 0.2) is 0 Å². The van der Waals surface area contributed by atoms with Crippen molar-refractivity contribution in [1.29, 1.82) is 0 Å². The monoisotopic (exact) mass is 349 g/mol. The number of hydrogen-bond acceptors (Lipinski definition) is 3. The van der Waals surface area contributed by atoms with E-state index in [1.165, 1.54) is 57.3 Å². The van der Waals surface area contributed by atoms with Gasteiger partial charge in [0.05, 0.1) is 0 Å². The molecule has 0 saturated carbocycles. The number of rotatable bonds is 12. The van der Waals surface area contributed by atoms with Crippen LogP contribution in [0, 0.1) is 0 Å². The third-order valence-corrected chi connectivity index (χ3v) is 3.56. The number of halogens is 2. The molecule has 0 aliphatic carbocycles. The minimum Gasteiger partial charge on any atom is -0.313 e. The summed E-state index contributed by atoms with van der Waals surface area (Å²) in [7, 11) is 0. The van der Waals surface area contributed by atoms with E-state index in [1.807, 2.05) is 12.4 Å². The van der Waals surface area contributed by atoms with Crippen molar-refractivity contribution < 1.29 is 0 Å². The molecule has 22 heavy (non-hydrogen) atoms. The Hall–Kier alpha value is -0.350. The van der Waals surface area contributed by atoms with E-state index >= 15 is 0 Å². The average Bonchev–Trinajstić information content (AvgIpc) is 2.50. The Bertz CT molecular complexity index is 315. The highest BCUT2D eigenvalue weighted by Gasteiger charge is 2.03. The van der Waals surface area contributed by atoms with E-state index in [2.05, 4.69) is 41.2 Å². The zero-order valence-electron chi connectivity index (χ0n) is 14.1. The predicted octanol–water partition coefficient (Wildman–Crippen LogP) is 4.31. The van der Waals surface area contributed by atoms with Gasteiger partial charge >= 0.3 is 0 Å². The van der Waals surface area contributed by atoms with Crippen molar-refractivity contribution in [3.63, 3.8) is 0 Å². The van der Waals surface area contributed by atoms with Crippen LogP contribution in [-0.4, -0.2) is 36.1 Å². The molecular weight excluding hydrogens is 317 g/mol. The fourth-order valence-corrected chi connectivity index (χ4v) is 2.26. The molecule has 0 amide bonds. The number of nitrogens with one attached hydrogen (secondary N) is 1. The van der Waals surface area contributed by atoms with Crippen LogP contribution in [-0.2, 0) is 6.54 Å². The number of aromatic nitrogens is 1. The molecule has 1 rings (SSSR count). The molecule has 0 fully saturated rings. The molecule has 0 aliphatic rings. The second-order valence-corrected chi connectivity index (χ2v) is 5.43. The molecule has 0 atom stereocenters. The van der Waals surface area contributed by atoms with E-state index < -0.39 is 0 Å². The van der Waals surface area contributed by atoms with Gasteiger partial charge in [0.1, 0.15) is 0 Å². The molecule has 1 heterocycles. The Morgan fingerprint density at radius 3 is 2.00 bits per heavy atom. The van der Waals surface area contributed by atoms with Gasteiger partial charge in [-0.3, -0.25) is 4.98 Å². The lowest BCUT2D eigenvalue weighted by Gasteiger charge is -2.21. The summed E-state index contributed by atoms with van der Waals surface area (Å²) >= 11 is 0. The third kappa shape index (κ3) is 12.2. The SMILES string of the molecule is CCCCN(CCCC)CCCNCc1ccncc1.Cl.Cl. The zero-order chi connectivity index (χ0) is 14.5. The van der Waals surface area contributed by atoms with Crippen LogP contribution in [0.25, 0.3) is 0 Å². The Morgan fingerprint density at radius 1 is 0.909 bits per heavy atom. The molecule has 0 radical (unpaired) electrons. The molecule has 3 nitrogen and oxygen atoms in total. The van der Waals surface area contributed by atoms with Gasteiger partial charge in [-0.15, -0.1) is 24.8 Å². The summed E-state index contributed by atoms with van der Waals surface area (Å²) in [6.07, 6.45) is 10.2. The third-order valence-electron chi connectivity index (χ3n) is 3.56. The van der Waals surface area contributed by atoms with E-state index in [0.717, 1.165) is 13.1 Å². The van der Waals surface area contributed by atoms with Crippen molar-refractivity contribution >= 4 is 24.8 Å². The Kier molecular flexibility index (Phi) is 18.5. The van der Waals surface area contributed by atoms with Crippen LogP contribution in [0.3, 0.4) is 0 Å².